The van der Waals surface area contributed by atoms with Gasteiger partial charge in [0.2, 0.25) is 0 Å². The summed E-state index contributed by atoms with van der Waals surface area (Å²) < 4.78 is 113. The third-order valence-corrected chi connectivity index (χ3v) is 3.03. The molecule has 2 atom stereocenters. The molecule has 0 aromatic rings. The average molecular weight is 502 g/mol. The molecule has 141 valence electrons. The van der Waals surface area contributed by atoms with Gasteiger partial charge in [-0.15, -0.1) is 0 Å². The van der Waals surface area contributed by atoms with Crippen molar-refractivity contribution in [3.05, 3.63) is 0 Å². The number of aliphatic hydroxyl groups is 2. The van der Waals surface area contributed by atoms with Crippen molar-refractivity contribution in [1.82, 2.24) is 0 Å². The summed E-state index contributed by atoms with van der Waals surface area (Å²) in [6, 6.07) is 0. The molecule has 0 aliphatic heterocycles. The van der Waals surface area contributed by atoms with E-state index in [1.807, 2.05) is 0 Å². The van der Waals surface area contributed by atoms with E-state index in [1.54, 1.807) is 0 Å². The average Bonchev–Trinajstić information content (AvgIpc) is 2.25. The van der Waals surface area contributed by atoms with Crippen LogP contribution in [0.15, 0.2) is 0 Å². The molecule has 0 aromatic heterocycles. The summed E-state index contributed by atoms with van der Waals surface area (Å²) in [5.74, 6) is -20.1. The smallest absolute Gasteiger partial charge is 0.392 e. The van der Waals surface area contributed by atoms with Gasteiger partial charge in [-0.3, -0.25) is 0 Å². The first kappa shape index (κ1) is 26.1. The molecule has 0 bridgehead atoms. The Labute approximate surface area is 167 Å². The van der Waals surface area contributed by atoms with Gasteiger partial charge in [0, 0.05) is 55.8 Å². The van der Waals surface area contributed by atoms with Gasteiger partial charge in [-0.2, -0.15) is 39.5 Å². The van der Waals surface area contributed by atoms with Gasteiger partial charge in [0.1, 0.15) is 6.10 Å². The van der Waals surface area contributed by atoms with E-state index in [1.165, 1.54) is 20.8 Å². The van der Waals surface area contributed by atoms with E-state index in [-0.39, 0.29) is 49.4 Å². The first-order chi connectivity index (χ1) is 9.30. The van der Waals surface area contributed by atoms with Crippen LogP contribution in [-0.4, -0.2) is 46.4 Å². The zero-order chi connectivity index (χ0) is 18.4. The third-order valence-electron chi connectivity index (χ3n) is 3.03. The maximum atomic E-state index is 13.3. The Balaban J connectivity index is 0. The van der Waals surface area contributed by atoms with Crippen LogP contribution in [0.2, 0.25) is 0 Å². The summed E-state index contributed by atoms with van der Waals surface area (Å²) in [7, 11) is 0. The summed E-state index contributed by atoms with van der Waals surface area (Å²) in [5.41, 5.74) is -1.20. The third kappa shape index (κ3) is 5.18. The largest absolute Gasteiger partial charge is 0.460 e. The number of rotatable bonds is 5. The SMILES string of the molecule is CC(C)(C)C(O)CC(O)C(F)(F)C(F)(F)C(F)(F)C(F)(F)F.[Eu]. The summed E-state index contributed by atoms with van der Waals surface area (Å²) in [6.45, 7) is 3.76. The molecule has 12 heteroatoms. The van der Waals surface area contributed by atoms with Crippen LogP contribution in [0.25, 0.3) is 0 Å². The molecule has 0 rings (SSSR count). The molecule has 0 saturated heterocycles. The Hall–Kier alpha value is 0.874. The van der Waals surface area contributed by atoms with Crippen molar-refractivity contribution >= 4 is 0 Å². The Morgan fingerprint density at radius 2 is 1.04 bits per heavy atom. The van der Waals surface area contributed by atoms with Gasteiger partial charge < -0.3 is 10.2 Å². The number of halogens is 9. The zero-order valence-electron chi connectivity index (χ0n) is 12.0. The maximum Gasteiger partial charge on any atom is 0.460 e. The predicted octanol–water partition coefficient (Wildman–Crippen LogP) is 3.61. The molecule has 0 fully saturated rings. The second kappa shape index (κ2) is 7.63. The molecule has 0 amide bonds. The van der Waals surface area contributed by atoms with Gasteiger partial charge in [0.15, 0.2) is 0 Å². The second-order valence-electron chi connectivity index (χ2n) is 5.90. The number of aliphatic hydroxyl groups excluding tert-OH is 2. The first-order valence-electron chi connectivity index (χ1n) is 5.86. The minimum atomic E-state index is -7.06. The van der Waals surface area contributed by atoms with E-state index < -0.39 is 48.0 Å². The Bertz CT molecular complexity index is 390. The van der Waals surface area contributed by atoms with Crippen LogP contribution in [0.4, 0.5) is 39.5 Å². The fraction of sp³-hybridized carbons (Fsp3) is 1.00. The minimum absolute atomic E-state index is 0. The van der Waals surface area contributed by atoms with E-state index >= 15 is 0 Å². The first-order valence-corrected chi connectivity index (χ1v) is 5.86. The Morgan fingerprint density at radius 3 is 1.30 bits per heavy atom. The van der Waals surface area contributed by atoms with Gasteiger partial charge in [0.05, 0.1) is 6.10 Å². The summed E-state index contributed by atoms with van der Waals surface area (Å²) >= 11 is 0. The van der Waals surface area contributed by atoms with E-state index in [0.717, 1.165) is 0 Å². The number of alkyl halides is 9. The van der Waals surface area contributed by atoms with E-state index in [0.29, 0.717) is 0 Å². The molecule has 23 heavy (non-hydrogen) atoms. The molecule has 2 nitrogen and oxygen atoms in total. The van der Waals surface area contributed by atoms with E-state index in [9.17, 15) is 44.6 Å². The number of hydrogen-bond acceptors (Lipinski definition) is 2. The van der Waals surface area contributed by atoms with Crippen molar-refractivity contribution in [2.24, 2.45) is 5.41 Å². The molecule has 0 aliphatic rings. The van der Waals surface area contributed by atoms with Crippen molar-refractivity contribution in [1.29, 1.82) is 0 Å². The summed E-state index contributed by atoms with van der Waals surface area (Å²) in [5, 5.41) is 18.4. The number of hydrogen-bond donors (Lipinski definition) is 2. The van der Waals surface area contributed by atoms with Gasteiger partial charge in [-0.25, -0.2) is 0 Å². The molecule has 0 heterocycles. The van der Waals surface area contributed by atoms with Crippen molar-refractivity contribution in [3.8, 4) is 0 Å². The van der Waals surface area contributed by atoms with Crippen molar-refractivity contribution in [2.45, 2.75) is 63.3 Å². The quantitative estimate of drug-likeness (QED) is 0.565. The summed E-state index contributed by atoms with van der Waals surface area (Å²) in [4.78, 5) is 0. The van der Waals surface area contributed by atoms with Gasteiger partial charge in [-0.05, 0) is 5.41 Å². The molecule has 2 unspecified atom stereocenters. The van der Waals surface area contributed by atoms with E-state index in [4.69, 9.17) is 5.11 Å². The van der Waals surface area contributed by atoms with Crippen LogP contribution in [0.5, 0.6) is 0 Å². The fourth-order valence-corrected chi connectivity index (χ4v) is 1.31. The van der Waals surface area contributed by atoms with Crippen molar-refractivity contribution in [2.75, 3.05) is 0 Å². The standard InChI is InChI=1S/C11H15F9O2.Eu/c1-7(2,3)5(21)4-6(22)8(12,13)9(14,15)10(16,17)11(18,19)20;/h5-6,21-22H,4H2,1-3H3;. The van der Waals surface area contributed by atoms with Crippen LogP contribution < -0.4 is 0 Å². The van der Waals surface area contributed by atoms with Gasteiger partial charge in [0.25, 0.3) is 0 Å². The molecule has 0 aliphatic carbocycles. The molecule has 2 N–H and O–H groups in total. The molecule has 1 radical (unpaired) electrons. The molecular weight excluding hydrogens is 487 g/mol. The molecular formula is C11H15EuF9O2. The fourth-order valence-electron chi connectivity index (χ4n) is 1.31. The minimum Gasteiger partial charge on any atom is -0.392 e. The van der Waals surface area contributed by atoms with Gasteiger partial charge in [-0.1, -0.05) is 20.8 Å². The van der Waals surface area contributed by atoms with Crippen molar-refractivity contribution < 1.29 is 99.1 Å². The summed E-state index contributed by atoms with van der Waals surface area (Å²) in [6.07, 6.45) is -13.9. The predicted molar refractivity (Wildman–Crippen MR) is 57.0 cm³/mol. The topological polar surface area (TPSA) is 40.5 Å². The van der Waals surface area contributed by atoms with Gasteiger partial charge >= 0.3 is 23.9 Å². The Morgan fingerprint density at radius 1 is 0.696 bits per heavy atom. The monoisotopic (exact) mass is 503 g/mol. The van der Waals surface area contributed by atoms with Crippen LogP contribution >= 0.6 is 0 Å². The van der Waals surface area contributed by atoms with Crippen LogP contribution in [-0.2, 0) is 0 Å². The van der Waals surface area contributed by atoms with Crippen LogP contribution in [0, 0.1) is 54.8 Å². The maximum absolute atomic E-state index is 13.3. The Kier molecular flexibility index (Phi) is 8.66. The van der Waals surface area contributed by atoms with Crippen molar-refractivity contribution in [3.63, 3.8) is 0 Å². The zero-order valence-corrected chi connectivity index (χ0v) is 14.5. The normalized spacial score (nSPS) is 17.5. The van der Waals surface area contributed by atoms with Crippen LogP contribution in [0.3, 0.4) is 0 Å². The molecule has 0 aromatic carbocycles. The van der Waals surface area contributed by atoms with Crippen LogP contribution in [0.1, 0.15) is 27.2 Å². The molecule has 0 saturated carbocycles. The second-order valence-corrected chi connectivity index (χ2v) is 5.90. The molecule has 0 spiro atoms. The van der Waals surface area contributed by atoms with E-state index in [2.05, 4.69) is 0 Å².